The maximum Gasteiger partial charge on any atom is 0.469 e. The predicted molar refractivity (Wildman–Crippen MR) is 124 cm³/mol. The van der Waals surface area contributed by atoms with Crippen molar-refractivity contribution in [3.63, 3.8) is 0 Å². The number of urea groups is 1. The summed E-state index contributed by atoms with van der Waals surface area (Å²) in [5.41, 5.74) is 1.40. The van der Waals surface area contributed by atoms with Gasteiger partial charge in [-0.3, -0.25) is 0 Å². The fourth-order valence-corrected chi connectivity index (χ4v) is 4.24. The van der Waals surface area contributed by atoms with Gasteiger partial charge in [0, 0.05) is 22.7 Å². The van der Waals surface area contributed by atoms with E-state index in [1.54, 1.807) is 24.3 Å². The summed E-state index contributed by atoms with van der Waals surface area (Å²) in [5.74, 6) is -7.83. The second-order valence-corrected chi connectivity index (χ2v) is 8.93. The number of fused-ring (bicyclic) bond motifs is 1. The molecule has 0 bridgehead atoms. The maximum absolute atomic E-state index is 14.3. The maximum atomic E-state index is 14.3. The number of hydrogen-bond donors (Lipinski definition) is 1. The molecule has 0 saturated carbocycles. The van der Waals surface area contributed by atoms with Gasteiger partial charge in [-0.25, -0.2) is 14.2 Å². The normalized spacial score (nSPS) is 19.5. The van der Waals surface area contributed by atoms with Crippen LogP contribution in [0.3, 0.4) is 0 Å². The lowest BCUT2D eigenvalue weighted by Crippen LogP contribution is -2.37. The van der Waals surface area contributed by atoms with Crippen molar-refractivity contribution in [1.29, 1.82) is 0 Å². The lowest BCUT2D eigenvalue weighted by atomic mass is 9.90. The minimum absolute atomic E-state index is 0.0848. The van der Waals surface area contributed by atoms with Crippen LogP contribution in [0.2, 0.25) is 5.02 Å². The van der Waals surface area contributed by atoms with Crippen molar-refractivity contribution in [3.8, 4) is 5.75 Å². The number of aryl methyl sites for hydroxylation is 1. The Morgan fingerprint density at radius 1 is 1.08 bits per heavy atom. The molecule has 3 aromatic carbocycles. The quantitative estimate of drug-likeness (QED) is 0.381. The Morgan fingerprint density at radius 3 is 2.42 bits per heavy atom. The van der Waals surface area contributed by atoms with Crippen LogP contribution in [0.5, 0.6) is 5.75 Å². The van der Waals surface area contributed by atoms with Crippen LogP contribution in [0.1, 0.15) is 28.2 Å². The Morgan fingerprint density at radius 2 is 1.75 bits per heavy atom. The Balaban J connectivity index is 1.45. The number of alkyl halides is 4. The van der Waals surface area contributed by atoms with E-state index < -0.39 is 40.9 Å². The lowest BCUT2D eigenvalue weighted by molar-refractivity contribution is -0.296. The molecule has 0 radical (unpaired) electrons. The zero-order valence-corrected chi connectivity index (χ0v) is 19.3. The average molecular weight is 522 g/mol. The second kappa shape index (κ2) is 8.48. The smallest absolute Gasteiger partial charge is 0.424 e. The van der Waals surface area contributed by atoms with Gasteiger partial charge in [0.1, 0.15) is 0 Å². The van der Waals surface area contributed by atoms with Gasteiger partial charge in [-0.1, -0.05) is 53.6 Å². The summed E-state index contributed by atoms with van der Waals surface area (Å²) in [4.78, 5) is 13.0. The first-order chi connectivity index (χ1) is 17.0. The summed E-state index contributed by atoms with van der Waals surface area (Å²) in [5, 5.41) is 8.30. The Kier molecular flexibility index (Phi) is 5.66. The van der Waals surface area contributed by atoms with E-state index in [2.05, 4.69) is 15.2 Å². The number of carbonyl (C=O) groups excluding carboxylic acids is 1. The van der Waals surface area contributed by atoms with Crippen LogP contribution in [0.4, 0.5) is 32.4 Å². The molecule has 5 nitrogen and oxygen atoms in total. The molecule has 1 unspecified atom stereocenters. The average Bonchev–Trinajstić information content (AvgIpc) is 3.33. The number of hydrazone groups is 1. The number of nitrogens with zero attached hydrogens (tertiary/aromatic N) is 2. The first-order valence-corrected chi connectivity index (χ1v) is 11.1. The van der Waals surface area contributed by atoms with Gasteiger partial charge >= 0.3 is 18.1 Å². The monoisotopic (exact) mass is 521 g/mol. The Bertz CT molecular complexity index is 1380. The molecular weight excluding hydrogens is 505 g/mol. The molecule has 1 atom stereocenters. The SMILES string of the molecule is Cc1ccc(C2=NN(C(=O)Nc3cc(F)c4c(c3)C(F)(F)C(F)(F)O4)CC2c2ccc(Cl)cc2)cc1. The number of ether oxygens (including phenoxy) is 1. The van der Waals surface area contributed by atoms with Gasteiger partial charge in [-0.15, -0.1) is 0 Å². The molecule has 2 heterocycles. The van der Waals surface area contributed by atoms with Crippen molar-refractivity contribution in [1.82, 2.24) is 5.01 Å². The largest absolute Gasteiger partial charge is 0.469 e. The van der Waals surface area contributed by atoms with Crippen LogP contribution in [-0.2, 0) is 5.92 Å². The number of amides is 2. The van der Waals surface area contributed by atoms with Gasteiger partial charge < -0.3 is 10.1 Å². The highest BCUT2D eigenvalue weighted by molar-refractivity contribution is 6.30. The van der Waals surface area contributed by atoms with Gasteiger partial charge in [-0.2, -0.15) is 22.7 Å². The number of nitrogens with one attached hydrogen (secondary N) is 1. The molecule has 0 saturated heterocycles. The van der Waals surface area contributed by atoms with Crippen LogP contribution in [0.25, 0.3) is 0 Å². The molecule has 2 aliphatic heterocycles. The molecule has 186 valence electrons. The van der Waals surface area contributed by atoms with Crippen molar-refractivity contribution < 1.29 is 31.5 Å². The van der Waals surface area contributed by atoms with E-state index in [0.717, 1.165) is 21.7 Å². The molecule has 0 fully saturated rings. The number of hydrogen-bond acceptors (Lipinski definition) is 3. The standard InChI is InChI=1S/C25H17ClF5N3O2/c1-13-2-4-15(5-3-13)21-18(14-6-8-16(26)9-7-14)12-34(33-21)23(35)32-17-10-19-22(20(27)11-17)36-25(30,31)24(19,28)29/h2-11,18H,12H2,1H3,(H,32,35). The highest BCUT2D eigenvalue weighted by Crippen LogP contribution is 2.54. The van der Waals surface area contributed by atoms with Crippen molar-refractivity contribution in [3.05, 3.63) is 93.8 Å². The molecule has 1 N–H and O–H groups in total. The molecule has 36 heavy (non-hydrogen) atoms. The summed E-state index contributed by atoms with van der Waals surface area (Å²) in [7, 11) is 0. The van der Waals surface area contributed by atoms with Gasteiger partial charge in [0.15, 0.2) is 11.6 Å². The molecule has 5 rings (SSSR count). The van der Waals surface area contributed by atoms with Crippen molar-refractivity contribution in [2.45, 2.75) is 24.9 Å². The topological polar surface area (TPSA) is 53.9 Å². The van der Waals surface area contributed by atoms with E-state index in [1.807, 2.05) is 31.2 Å². The van der Waals surface area contributed by atoms with Gasteiger partial charge in [0.05, 0.1) is 17.8 Å². The van der Waals surface area contributed by atoms with Crippen molar-refractivity contribution >= 4 is 29.0 Å². The molecule has 11 heteroatoms. The third-order valence-corrected chi connectivity index (χ3v) is 6.25. The van der Waals surface area contributed by atoms with E-state index in [9.17, 15) is 26.7 Å². The highest BCUT2D eigenvalue weighted by atomic mass is 35.5. The number of anilines is 1. The minimum Gasteiger partial charge on any atom is -0.424 e. The van der Waals surface area contributed by atoms with Crippen molar-refractivity contribution in [2.75, 3.05) is 11.9 Å². The number of rotatable bonds is 3. The first-order valence-electron chi connectivity index (χ1n) is 10.7. The van der Waals surface area contributed by atoms with E-state index in [1.165, 1.54) is 0 Å². The van der Waals surface area contributed by atoms with Crippen LogP contribution in [0, 0.1) is 12.7 Å². The highest BCUT2D eigenvalue weighted by Gasteiger charge is 2.67. The fraction of sp³-hybridized carbons (Fsp3) is 0.200. The van der Waals surface area contributed by atoms with Gasteiger partial charge in [-0.05, 0) is 36.2 Å². The number of halogens is 6. The third-order valence-electron chi connectivity index (χ3n) is 6.00. The van der Waals surface area contributed by atoms with E-state index >= 15 is 0 Å². The predicted octanol–water partition coefficient (Wildman–Crippen LogP) is 6.90. The molecule has 3 aromatic rings. The molecule has 0 aromatic heterocycles. The zero-order chi connectivity index (χ0) is 25.8. The number of benzene rings is 3. The van der Waals surface area contributed by atoms with Crippen LogP contribution < -0.4 is 10.1 Å². The summed E-state index contributed by atoms with van der Waals surface area (Å²) < 4.78 is 73.3. The van der Waals surface area contributed by atoms with Gasteiger partial charge in [0.2, 0.25) is 0 Å². The third kappa shape index (κ3) is 4.05. The molecule has 2 amide bonds. The van der Waals surface area contributed by atoms with Gasteiger partial charge in [0.25, 0.3) is 0 Å². The lowest BCUT2D eigenvalue weighted by Gasteiger charge is -2.17. The van der Waals surface area contributed by atoms with E-state index in [4.69, 9.17) is 11.6 Å². The summed E-state index contributed by atoms with van der Waals surface area (Å²) >= 11 is 6.00. The second-order valence-electron chi connectivity index (χ2n) is 8.50. The number of carbonyl (C=O) groups is 1. The molecule has 0 spiro atoms. The fourth-order valence-electron chi connectivity index (χ4n) is 4.11. The zero-order valence-electron chi connectivity index (χ0n) is 18.5. The Labute approximate surface area is 207 Å². The summed E-state index contributed by atoms with van der Waals surface area (Å²) in [6.07, 6.45) is -4.91. The molecule has 0 aliphatic carbocycles. The molecule has 2 aliphatic rings. The Hall–Kier alpha value is -3.66. The van der Waals surface area contributed by atoms with E-state index in [-0.39, 0.29) is 12.5 Å². The minimum atomic E-state index is -4.91. The summed E-state index contributed by atoms with van der Waals surface area (Å²) in [6.45, 7) is 2.01. The van der Waals surface area contributed by atoms with Crippen LogP contribution in [-0.4, -0.2) is 29.4 Å². The van der Waals surface area contributed by atoms with Crippen LogP contribution >= 0.6 is 11.6 Å². The molecular formula is C25H17ClF5N3O2. The summed E-state index contributed by atoms with van der Waals surface area (Å²) in [6, 6.07) is 14.9. The van der Waals surface area contributed by atoms with Crippen molar-refractivity contribution in [2.24, 2.45) is 5.10 Å². The van der Waals surface area contributed by atoms with Crippen LogP contribution in [0.15, 0.2) is 65.8 Å². The van der Waals surface area contributed by atoms with E-state index in [0.29, 0.717) is 22.9 Å². The first kappa shape index (κ1) is 24.1.